The molecule has 0 aliphatic heterocycles. The number of hydrogen-bond acceptors (Lipinski definition) is 4. The smallest absolute Gasteiger partial charge is 0.323 e. The summed E-state index contributed by atoms with van der Waals surface area (Å²) in [5.74, 6) is -0.940. The molecule has 0 radical (unpaired) electrons. The van der Waals surface area contributed by atoms with Crippen molar-refractivity contribution in [1.29, 1.82) is 0 Å². The molecule has 0 fully saturated rings. The van der Waals surface area contributed by atoms with Gasteiger partial charge in [-0.3, -0.25) is 10.1 Å². The lowest BCUT2D eigenvalue weighted by molar-refractivity contribution is -0.387. The summed E-state index contributed by atoms with van der Waals surface area (Å²) in [6, 6.07) is 0.859. The van der Waals surface area contributed by atoms with E-state index in [-0.39, 0.29) is 5.88 Å². The minimum Gasteiger partial charge on any atom is -0.481 e. The summed E-state index contributed by atoms with van der Waals surface area (Å²) in [6.07, 6.45) is 0.814. The molecular formula is C6H5FN2O3. The molecule has 6 heteroatoms. The Labute approximate surface area is 66.9 Å². The summed E-state index contributed by atoms with van der Waals surface area (Å²) in [4.78, 5) is 12.7. The number of pyridine rings is 1. The number of aromatic nitrogens is 1. The van der Waals surface area contributed by atoms with Crippen molar-refractivity contribution in [1.82, 2.24) is 4.98 Å². The molecule has 12 heavy (non-hydrogen) atoms. The van der Waals surface area contributed by atoms with Crippen LogP contribution in [-0.2, 0) is 0 Å². The van der Waals surface area contributed by atoms with Crippen molar-refractivity contribution in [2.24, 2.45) is 0 Å². The fourth-order valence-electron chi connectivity index (χ4n) is 0.652. The van der Waals surface area contributed by atoms with E-state index in [4.69, 9.17) is 0 Å². The molecule has 0 spiro atoms. The molecular weight excluding hydrogens is 167 g/mol. The molecule has 5 nitrogen and oxygen atoms in total. The highest BCUT2D eigenvalue weighted by atomic mass is 19.1. The van der Waals surface area contributed by atoms with Gasteiger partial charge in [0.15, 0.2) is 0 Å². The van der Waals surface area contributed by atoms with Gasteiger partial charge in [0.05, 0.1) is 12.0 Å². The zero-order valence-electron chi connectivity index (χ0n) is 6.15. The van der Waals surface area contributed by atoms with E-state index in [9.17, 15) is 14.5 Å². The highest BCUT2D eigenvalue weighted by molar-refractivity contribution is 5.31. The summed E-state index contributed by atoms with van der Waals surface area (Å²) in [5, 5.41) is 10.1. The summed E-state index contributed by atoms with van der Waals surface area (Å²) in [6.45, 7) is 0. The third kappa shape index (κ3) is 1.47. The first kappa shape index (κ1) is 8.38. The topological polar surface area (TPSA) is 65.3 Å². The van der Waals surface area contributed by atoms with Gasteiger partial charge in [0.2, 0.25) is 11.7 Å². The molecule has 0 aliphatic carbocycles. The van der Waals surface area contributed by atoms with Crippen LogP contribution in [0.4, 0.5) is 10.1 Å². The second-order valence-corrected chi connectivity index (χ2v) is 1.94. The lowest BCUT2D eigenvalue weighted by Gasteiger charge is -1.97. The molecule has 0 bridgehead atoms. The van der Waals surface area contributed by atoms with Crippen molar-refractivity contribution < 1.29 is 14.1 Å². The molecule has 0 N–H and O–H groups in total. The van der Waals surface area contributed by atoms with Crippen molar-refractivity contribution in [3.63, 3.8) is 0 Å². The zero-order valence-corrected chi connectivity index (χ0v) is 6.15. The normalized spacial score (nSPS) is 9.50. The van der Waals surface area contributed by atoms with Crippen LogP contribution >= 0.6 is 0 Å². The van der Waals surface area contributed by atoms with Crippen LogP contribution in [0.25, 0.3) is 0 Å². The number of methoxy groups -OCH3 is 1. The van der Waals surface area contributed by atoms with Gasteiger partial charge in [-0.05, 0) is 0 Å². The standard InChI is InChI=1S/C6H5FN2O3/c1-12-6-2-4(7)5(3-8-6)9(10)11/h2-3H,1H3. The van der Waals surface area contributed by atoms with Crippen LogP contribution in [0, 0.1) is 15.9 Å². The lowest BCUT2D eigenvalue weighted by atomic mass is 10.4. The first-order valence-corrected chi connectivity index (χ1v) is 2.99. The van der Waals surface area contributed by atoms with Crippen molar-refractivity contribution in [2.45, 2.75) is 0 Å². The van der Waals surface area contributed by atoms with Crippen LogP contribution in [0.5, 0.6) is 5.88 Å². The number of rotatable bonds is 2. The Kier molecular flexibility index (Phi) is 2.18. The summed E-state index contributed by atoms with van der Waals surface area (Å²) in [5.41, 5.74) is -0.657. The van der Waals surface area contributed by atoms with Gasteiger partial charge in [-0.2, -0.15) is 4.39 Å². The third-order valence-electron chi connectivity index (χ3n) is 1.21. The van der Waals surface area contributed by atoms with E-state index in [0.717, 1.165) is 12.3 Å². The molecule has 1 heterocycles. The summed E-state index contributed by atoms with van der Waals surface area (Å²) >= 11 is 0. The van der Waals surface area contributed by atoms with Gasteiger partial charge >= 0.3 is 5.69 Å². The maximum Gasteiger partial charge on any atom is 0.323 e. The van der Waals surface area contributed by atoms with Gasteiger partial charge in [-0.25, -0.2) is 4.98 Å². The summed E-state index contributed by atoms with van der Waals surface area (Å²) in [7, 11) is 1.30. The largest absolute Gasteiger partial charge is 0.481 e. The minimum absolute atomic E-state index is 0.0121. The van der Waals surface area contributed by atoms with E-state index in [1.807, 2.05) is 0 Å². The number of nitro groups is 1. The molecule has 1 aromatic rings. The van der Waals surface area contributed by atoms with Crippen LogP contribution in [0.2, 0.25) is 0 Å². The average molecular weight is 172 g/mol. The second kappa shape index (κ2) is 3.12. The average Bonchev–Trinajstić information content (AvgIpc) is 2.03. The van der Waals surface area contributed by atoms with E-state index < -0.39 is 16.4 Å². The van der Waals surface area contributed by atoms with Crippen molar-refractivity contribution in [3.05, 3.63) is 28.2 Å². The second-order valence-electron chi connectivity index (χ2n) is 1.94. The van der Waals surface area contributed by atoms with Gasteiger partial charge < -0.3 is 4.74 Å². The Bertz CT molecular complexity index is 316. The van der Waals surface area contributed by atoms with Crippen molar-refractivity contribution in [2.75, 3.05) is 7.11 Å². The van der Waals surface area contributed by atoms with Gasteiger partial charge in [0, 0.05) is 6.07 Å². The fourth-order valence-corrected chi connectivity index (χ4v) is 0.652. The Morgan fingerprint density at radius 3 is 2.83 bits per heavy atom. The number of nitrogens with zero attached hydrogens (tertiary/aromatic N) is 2. The van der Waals surface area contributed by atoms with Crippen molar-refractivity contribution >= 4 is 5.69 Å². The number of halogens is 1. The van der Waals surface area contributed by atoms with Crippen LogP contribution in [0.1, 0.15) is 0 Å². The predicted octanol–water partition coefficient (Wildman–Crippen LogP) is 1.14. The molecule has 1 rings (SSSR count). The minimum atomic E-state index is -0.952. The monoisotopic (exact) mass is 172 g/mol. The molecule has 0 saturated heterocycles. The SMILES string of the molecule is COc1cc(F)c([N+](=O)[O-])cn1. The highest BCUT2D eigenvalue weighted by Crippen LogP contribution is 2.18. The first-order valence-electron chi connectivity index (χ1n) is 2.99. The Hall–Kier alpha value is -1.72. The molecule has 0 aliphatic rings. The predicted molar refractivity (Wildman–Crippen MR) is 37.4 cm³/mol. The molecule has 0 amide bonds. The van der Waals surface area contributed by atoms with Crippen LogP contribution in [0.3, 0.4) is 0 Å². The van der Waals surface area contributed by atoms with Crippen molar-refractivity contribution in [3.8, 4) is 5.88 Å². The molecule has 0 atom stereocenters. The molecule has 1 aromatic heterocycles. The Morgan fingerprint density at radius 1 is 1.75 bits per heavy atom. The number of hydrogen-bond donors (Lipinski definition) is 0. The number of ether oxygens (including phenoxy) is 1. The van der Waals surface area contributed by atoms with Gasteiger partial charge in [-0.15, -0.1) is 0 Å². The zero-order chi connectivity index (χ0) is 9.14. The third-order valence-corrected chi connectivity index (χ3v) is 1.21. The molecule has 0 unspecified atom stereocenters. The molecule has 0 aromatic carbocycles. The van der Waals surface area contributed by atoms with Gasteiger partial charge in [0.25, 0.3) is 0 Å². The fraction of sp³-hybridized carbons (Fsp3) is 0.167. The van der Waals surface area contributed by atoms with E-state index in [1.165, 1.54) is 7.11 Å². The Balaban J connectivity index is 3.12. The lowest BCUT2D eigenvalue weighted by Crippen LogP contribution is -1.95. The van der Waals surface area contributed by atoms with Crippen LogP contribution in [-0.4, -0.2) is 17.0 Å². The molecule has 0 saturated carbocycles. The van der Waals surface area contributed by atoms with Gasteiger partial charge in [0.1, 0.15) is 6.20 Å². The summed E-state index contributed by atoms with van der Waals surface area (Å²) < 4.78 is 17.3. The van der Waals surface area contributed by atoms with E-state index in [0.29, 0.717) is 0 Å². The van der Waals surface area contributed by atoms with Gasteiger partial charge in [-0.1, -0.05) is 0 Å². The van der Waals surface area contributed by atoms with E-state index in [1.54, 1.807) is 0 Å². The Morgan fingerprint density at radius 2 is 2.42 bits per heavy atom. The van der Waals surface area contributed by atoms with Crippen LogP contribution in [0.15, 0.2) is 12.3 Å². The first-order chi connectivity index (χ1) is 5.65. The molecule has 64 valence electrons. The van der Waals surface area contributed by atoms with E-state index >= 15 is 0 Å². The highest BCUT2D eigenvalue weighted by Gasteiger charge is 2.14. The maximum atomic E-state index is 12.7. The van der Waals surface area contributed by atoms with E-state index in [2.05, 4.69) is 9.72 Å². The quantitative estimate of drug-likeness (QED) is 0.495. The van der Waals surface area contributed by atoms with Crippen LogP contribution < -0.4 is 4.74 Å². The maximum absolute atomic E-state index is 12.7.